The molecule has 0 saturated heterocycles. The van der Waals surface area contributed by atoms with Gasteiger partial charge in [0.05, 0.1) is 19.3 Å². The fourth-order valence-corrected chi connectivity index (χ4v) is 3.21. The first-order valence-corrected chi connectivity index (χ1v) is 11.2. The van der Waals surface area contributed by atoms with Crippen LogP contribution in [0.5, 0.6) is 0 Å². The van der Waals surface area contributed by atoms with Gasteiger partial charge in [-0.05, 0) is 13.5 Å². The van der Waals surface area contributed by atoms with Gasteiger partial charge in [0.2, 0.25) is 0 Å². The van der Waals surface area contributed by atoms with Crippen molar-refractivity contribution in [3.63, 3.8) is 0 Å². The minimum absolute atomic E-state index is 0.0843. The Morgan fingerprint density at radius 2 is 1.08 bits per heavy atom. The SMILES string of the molecule is CCCCCCCCCCCCCCCCCCOC[C@H](CO)NC. The van der Waals surface area contributed by atoms with Crippen LogP contribution in [0.2, 0.25) is 0 Å². The summed E-state index contributed by atoms with van der Waals surface area (Å²) in [6, 6.07) is 0.0843. The molecule has 2 N–H and O–H groups in total. The maximum atomic E-state index is 9.03. The highest BCUT2D eigenvalue weighted by Gasteiger charge is 2.02. The minimum Gasteiger partial charge on any atom is -0.395 e. The lowest BCUT2D eigenvalue weighted by molar-refractivity contribution is 0.0887. The highest BCUT2D eigenvalue weighted by Crippen LogP contribution is 2.13. The Hall–Kier alpha value is -0.120. The van der Waals surface area contributed by atoms with Crippen LogP contribution < -0.4 is 5.32 Å². The van der Waals surface area contributed by atoms with Crippen molar-refractivity contribution in [1.29, 1.82) is 0 Å². The van der Waals surface area contributed by atoms with Crippen molar-refractivity contribution >= 4 is 0 Å². The molecule has 0 aromatic heterocycles. The van der Waals surface area contributed by atoms with E-state index in [9.17, 15) is 0 Å². The second kappa shape index (κ2) is 21.9. The van der Waals surface area contributed by atoms with Crippen LogP contribution in [0.15, 0.2) is 0 Å². The molecule has 0 heterocycles. The van der Waals surface area contributed by atoms with E-state index in [4.69, 9.17) is 9.84 Å². The minimum atomic E-state index is 0.0843. The monoisotopic (exact) mass is 357 g/mol. The first-order chi connectivity index (χ1) is 12.3. The molecule has 0 aliphatic heterocycles. The van der Waals surface area contributed by atoms with E-state index in [2.05, 4.69) is 12.2 Å². The number of rotatable bonds is 21. The number of unbranched alkanes of at least 4 members (excludes halogenated alkanes) is 15. The third-order valence-corrected chi connectivity index (χ3v) is 5.09. The third kappa shape index (κ3) is 20.0. The average molecular weight is 358 g/mol. The molecule has 152 valence electrons. The fourth-order valence-electron chi connectivity index (χ4n) is 3.21. The van der Waals surface area contributed by atoms with Crippen LogP contribution in [-0.4, -0.2) is 38.0 Å². The summed E-state index contributed by atoms with van der Waals surface area (Å²) in [5, 5.41) is 12.1. The molecule has 0 aliphatic rings. The number of aliphatic hydroxyl groups excluding tert-OH is 1. The van der Waals surface area contributed by atoms with E-state index in [0.29, 0.717) is 6.61 Å². The second-order valence-corrected chi connectivity index (χ2v) is 7.55. The molecule has 0 rings (SSSR count). The summed E-state index contributed by atoms with van der Waals surface area (Å²) in [5.41, 5.74) is 0. The molecule has 3 heteroatoms. The molecule has 25 heavy (non-hydrogen) atoms. The van der Waals surface area contributed by atoms with Crippen molar-refractivity contribution in [2.24, 2.45) is 0 Å². The Bertz CT molecular complexity index is 232. The average Bonchev–Trinajstić information content (AvgIpc) is 2.64. The van der Waals surface area contributed by atoms with Crippen LogP contribution in [0, 0.1) is 0 Å². The summed E-state index contributed by atoms with van der Waals surface area (Å²) < 4.78 is 5.57. The number of hydrogen-bond donors (Lipinski definition) is 2. The van der Waals surface area contributed by atoms with Gasteiger partial charge >= 0.3 is 0 Å². The largest absolute Gasteiger partial charge is 0.395 e. The topological polar surface area (TPSA) is 41.5 Å². The first kappa shape index (κ1) is 24.9. The van der Waals surface area contributed by atoms with E-state index in [1.165, 1.54) is 96.3 Å². The van der Waals surface area contributed by atoms with E-state index in [1.807, 2.05) is 7.05 Å². The van der Waals surface area contributed by atoms with Crippen molar-refractivity contribution < 1.29 is 9.84 Å². The highest BCUT2D eigenvalue weighted by molar-refractivity contribution is 4.60. The van der Waals surface area contributed by atoms with E-state index < -0.39 is 0 Å². The van der Waals surface area contributed by atoms with Gasteiger partial charge < -0.3 is 15.2 Å². The van der Waals surface area contributed by atoms with Gasteiger partial charge in [-0.15, -0.1) is 0 Å². The van der Waals surface area contributed by atoms with Crippen molar-refractivity contribution in [1.82, 2.24) is 5.32 Å². The Balaban J connectivity index is 3.03. The van der Waals surface area contributed by atoms with Crippen LogP contribution in [0.1, 0.15) is 110 Å². The van der Waals surface area contributed by atoms with Crippen LogP contribution in [-0.2, 0) is 4.74 Å². The zero-order valence-electron chi connectivity index (χ0n) is 17.4. The summed E-state index contributed by atoms with van der Waals surface area (Å²) in [4.78, 5) is 0. The number of nitrogens with one attached hydrogen (secondary N) is 1. The smallest absolute Gasteiger partial charge is 0.0641 e. The van der Waals surface area contributed by atoms with E-state index in [0.717, 1.165) is 13.0 Å². The first-order valence-electron chi connectivity index (χ1n) is 11.2. The maximum absolute atomic E-state index is 9.03. The molecule has 0 radical (unpaired) electrons. The Labute approximate surface area is 158 Å². The Morgan fingerprint density at radius 3 is 1.44 bits per heavy atom. The van der Waals surface area contributed by atoms with Gasteiger partial charge in [0, 0.05) is 6.61 Å². The summed E-state index contributed by atoms with van der Waals surface area (Å²) in [6.07, 6.45) is 22.4. The molecule has 0 amide bonds. The van der Waals surface area contributed by atoms with Crippen molar-refractivity contribution in [2.75, 3.05) is 26.9 Å². The zero-order chi connectivity index (χ0) is 18.4. The standard InChI is InChI=1S/C22H47NO2/c1-3-4-5-6-7-8-9-10-11-12-13-14-15-16-17-18-19-25-21-22(20-24)23-2/h22-24H,3-21H2,1-2H3/t22-/m0/s1. The van der Waals surface area contributed by atoms with Gasteiger partial charge in [-0.2, -0.15) is 0 Å². The molecular weight excluding hydrogens is 310 g/mol. The Morgan fingerprint density at radius 1 is 0.680 bits per heavy atom. The molecule has 1 atom stereocenters. The summed E-state index contributed by atoms with van der Waals surface area (Å²) >= 11 is 0. The highest BCUT2D eigenvalue weighted by atomic mass is 16.5. The molecule has 0 aliphatic carbocycles. The Kier molecular flexibility index (Phi) is 21.8. The van der Waals surface area contributed by atoms with Crippen LogP contribution in [0.25, 0.3) is 0 Å². The molecular formula is C22H47NO2. The van der Waals surface area contributed by atoms with Gasteiger partial charge in [0.15, 0.2) is 0 Å². The van der Waals surface area contributed by atoms with Crippen LogP contribution in [0.4, 0.5) is 0 Å². The zero-order valence-corrected chi connectivity index (χ0v) is 17.4. The van der Waals surface area contributed by atoms with Crippen LogP contribution in [0.3, 0.4) is 0 Å². The van der Waals surface area contributed by atoms with Crippen LogP contribution >= 0.6 is 0 Å². The third-order valence-electron chi connectivity index (χ3n) is 5.09. The summed E-state index contributed by atoms with van der Waals surface area (Å²) in [6.45, 7) is 3.88. The van der Waals surface area contributed by atoms with Gasteiger partial charge in [-0.3, -0.25) is 0 Å². The van der Waals surface area contributed by atoms with Gasteiger partial charge in [-0.25, -0.2) is 0 Å². The molecule has 0 spiro atoms. The van der Waals surface area contributed by atoms with Gasteiger partial charge in [0.1, 0.15) is 0 Å². The van der Waals surface area contributed by atoms with Crippen molar-refractivity contribution in [3.05, 3.63) is 0 Å². The molecule has 0 bridgehead atoms. The quantitative estimate of drug-likeness (QED) is 0.253. The predicted molar refractivity (Wildman–Crippen MR) is 110 cm³/mol. The predicted octanol–water partition coefficient (Wildman–Crippen LogP) is 5.84. The maximum Gasteiger partial charge on any atom is 0.0641 e. The lowest BCUT2D eigenvalue weighted by Crippen LogP contribution is -2.33. The lowest BCUT2D eigenvalue weighted by Gasteiger charge is -2.13. The van der Waals surface area contributed by atoms with Gasteiger partial charge in [-0.1, -0.05) is 103 Å². The number of hydrogen-bond acceptors (Lipinski definition) is 3. The van der Waals surface area contributed by atoms with E-state index in [-0.39, 0.29) is 12.6 Å². The normalized spacial score (nSPS) is 12.6. The lowest BCUT2D eigenvalue weighted by atomic mass is 10.0. The summed E-state index contributed by atoms with van der Waals surface area (Å²) in [7, 11) is 1.86. The van der Waals surface area contributed by atoms with Crippen molar-refractivity contribution in [2.45, 2.75) is 116 Å². The molecule has 0 unspecified atom stereocenters. The van der Waals surface area contributed by atoms with Gasteiger partial charge in [0.25, 0.3) is 0 Å². The fraction of sp³-hybridized carbons (Fsp3) is 1.00. The molecule has 0 aromatic rings. The van der Waals surface area contributed by atoms with E-state index >= 15 is 0 Å². The van der Waals surface area contributed by atoms with Crippen molar-refractivity contribution in [3.8, 4) is 0 Å². The second-order valence-electron chi connectivity index (χ2n) is 7.55. The molecule has 3 nitrogen and oxygen atoms in total. The number of aliphatic hydroxyl groups is 1. The number of likely N-dealkylation sites (N-methyl/N-ethyl adjacent to an activating group) is 1. The number of ether oxygens (including phenoxy) is 1. The molecule has 0 aromatic carbocycles. The molecule has 0 saturated carbocycles. The molecule has 0 fully saturated rings. The summed E-state index contributed by atoms with van der Waals surface area (Å²) in [5.74, 6) is 0. The van der Waals surface area contributed by atoms with E-state index in [1.54, 1.807) is 0 Å².